The minimum atomic E-state index is -0.224. The molecule has 1 rings (SSSR count). The summed E-state index contributed by atoms with van der Waals surface area (Å²) < 4.78 is 0. The lowest BCUT2D eigenvalue weighted by Crippen LogP contribution is -2.44. The first kappa shape index (κ1) is 12.0. The second-order valence-electron chi connectivity index (χ2n) is 4.66. The SMILES string of the molecule is C[C@@H](O)C[C@H]1CCC[C@H](C[C@@H](C)O)N1. The molecule has 14 heavy (non-hydrogen) atoms. The van der Waals surface area contributed by atoms with Gasteiger partial charge in [0.25, 0.3) is 0 Å². The highest BCUT2D eigenvalue weighted by Crippen LogP contribution is 2.19. The predicted octanol–water partition coefficient (Wildman–Crippen LogP) is 1.04. The van der Waals surface area contributed by atoms with E-state index in [0.717, 1.165) is 25.7 Å². The quantitative estimate of drug-likeness (QED) is 0.637. The molecule has 1 fully saturated rings. The summed E-state index contributed by atoms with van der Waals surface area (Å²) in [7, 11) is 0. The van der Waals surface area contributed by atoms with E-state index < -0.39 is 0 Å². The third-order valence-corrected chi connectivity index (χ3v) is 2.83. The fourth-order valence-electron chi connectivity index (χ4n) is 2.31. The zero-order chi connectivity index (χ0) is 10.6. The maximum absolute atomic E-state index is 9.28. The van der Waals surface area contributed by atoms with Gasteiger partial charge in [-0.05, 0) is 39.5 Å². The first-order valence-electron chi connectivity index (χ1n) is 5.70. The predicted molar refractivity (Wildman–Crippen MR) is 57.2 cm³/mol. The summed E-state index contributed by atoms with van der Waals surface area (Å²) in [4.78, 5) is 0. The van der Waals surface area contributed by atoms with Gasteiger partial charge in [-0.1, -0.05) is 6.42 Å². The Morgan fingerprint density at radius 2 is 1.50 bits per heavy atom. The molecule has 0 aliphatic carbocycles. The van der Waals surface area contributed by atoms with Crippen molar-refractivity contribution in [2.45, 2.75) is 70.2 Å². The highest BCUT2D eigenvalue weighted by Gasteiger charge is 2.22. The van der Waals surface area contributed by atoms with Crippen molar-refractivity contribution in [3.8, 4) is 0 Å². The highest BCUT2D eigenvalue weighted by atomic mass is 16.3. The van der Waals surface area contributed by atoms with Gasteiger partial charge in [-0.3, -0.25) is 0 Å². The van der Waals surface area contributed by atoms with Crippen LogP contribution in [0.5, 0.6) is 0 Å². The fourth-order valence-corrected chi connectivity index (χ4v) is 2.31. The van der Waals surface area contributed by atoms with Crippen LogP contribution in [0.15, 0.2) is 0 Å². The van der Waals surface area contributed by atoms with Crippen LogP contribution in [0, 0.1) is 0 Å². The Balaban J connectivity index is 2.28. The lowest BCUT2D eigenvalue weighted by Gasteiger charge is -2.32. The molecular weight excluding hydrogens is 178 g/mol. The average Bonchev–Trinajstić information content (AvgIpc) is 2.01. The van der Waals surface area contributed by atoms with Gasteiger partial charge >= 0.3 is 0 Å². The van der Waals surface area contributed by atoms with Crippen LogP contribution in [-0.4, -0.2) is 34.5 Å². The van der Waals surface area contributed by atoms with Crippen LogP contribution in [0.4, 0.5) is 0 Å². The number of nitrogens with one attached hydrogen (secondary N) is 1. The minimum absolute atomic E-state index is 0.224. The van der Waals surface area contributed by atoms with Crippen molar-refractivity contribution < 1.29 is 10.2 Å². The molecule has 3 heteroatoms. The zero-order valence-corrected chi connectivity index (χ0v) is 9.24. The van der Waals surface area contributed by atoms with E-state index in [1.807, 2.05) is 13.8 Å². The van der Waals surface area contributed by atoms with Crippen molar-refractivity contribution in [3.63, 3.8) is 0 Å². The lowest BCUT2D eigenvalue weighted by molar-refractivity contribution is 0.130. The summed E-state index contributed by atoms with van der Waals surface area (Å²) in [5.74, 6) is 0. The van der Waals surface area contributed by atoms with Gasteiger partial charge in [-0.15, -0.1) is 0 Å². The number of aliphatic hydroxyl groups excluding tert-OH is 2. The third kappa shape index (κ3) is 4.40. The van der Waals surface area contributed by atoms with Crippen LogP contribution in [0.25, 0.3) is 0 Å². The first-order valence-corrected chi connectivity index (χ1v) is 5.70. The van der Waals surface area contributed by atoms with Crippen molar-refractivity contribution in [3.05, 3.63) is 0 Å². The molecule has 3 nitrogen and oxygen atoms in total. The molecule has 0 bridgehead atoms. The van der Waals surface area contributed by atoms with Crippen molar-refractivity contribution in [2.75, 3.05) is 0 Å². The van der Waals surface area contributed by atoms with Crippen LogP contribution in [0.3, 0.4) is 0 Å². The first-order chi connectivity index (χ1) is 6.58. The Bertz CT molecular complexity index is 143. The summed E-state index contributed by atoms with van der Waals surface area (Å²) in [5.41, 5.74) is 0. The lowest BCUT2D eigenvalue weighted by atomic mass is 9.92. The van der Waals surface area contributed by atoms with Gasteiger partial charge in [0.15, 0.2) is 0 Å². The Morgan fingerprint density at radius 3 is 1.86 bits per heavy atom. The van der Waals surface area contributed by atoms with Gasteiger partial charge in [0.05, 0.1) is 12.2 Å². The molecule has 0 amide bonds. The molecule has 0 saturated carbocycles. The van der Waals surface area contributed by atoms with E-state index in [-0.39, 0.29) is 12.2 Å². The molecule has 1 saturated heterocycles. The molecule has 3 N–H and O–H groups in total. The number of rotatable bonds is 4. The molecule has 0 unspecified atom stereocenters. The van der Waals surface area contributed by atoms with Crippen LogP contribution in [0.1, 0.15) is 46.0 Å². The second-order valence-corrected chi connectivity index (χ2v) is 4.66. The molecular formula is C11H23NO2. The van der Waals surface area contributed by atoms with E-state index in [9.17, 15) is 10.2 Å². The summed E-state index contributed by atoms with van der Waals surface area (Å²) in [6.45, 7) is 3.67. The summed E-state index contributed by atoms with van der Waals surface area (Å²) in [6.07, 6.45) is 4.73. The van der Waals surface area contributed by atoms with Gasteiger partial charge in [-0.2, -0.15) is 0 Å². The molecule has 0 aromatic rings. The Kier molecular flexibility index (Phi) is 4.85. The van der Waals surface area contributed by atoms with Crippen LogP contribution < -0.4 is 5.32 Å². The van der Waals surface area contributed by atoms with E-state index >= 15 is 0 Å². The summed E-state index contributed by atoms with van der Waals surface area (Å²) in [6, 6.07) is 0.875. The largest absolute Gasteiger partial charge is 0.393 e. The van der Waals surface area contributed by atoms with Crippen molar-refractivity contribution in [2.24, 2.45) is 0 Å². The third-order valence-electron chi connectivity index (χ3n) is 2.83. The van der Waals surface area contributed by atoms with Gasteiger partial charge < -0.3 is 15.5 Å². The van der Waals surface area contributed by atoms with Gasteiger partial charge in [0.1, 0.15) is 0 Å². The summed E-state index contributed by atoms with van der Waals surface area (Å²) >= 11 is 0. The monoisotopic (exact) mass is 201 g/mol. The van der Waals surface area contributed by atoms with Crippen molar-refractivity contribution in [1.82, 2.24) is 5.32 Å². The molecule has 4 atom stereocenters. The van der Waals surface area contributed by atoms with Gasteiger partial charge in [0.2, 0.25) is 0 Å². The number of hydrogen-bond donors (Lipinski definition) is 3. The van der Waals surface area contributed by atoms with E-state index in [1.165, 1.54) is 6.42 Å². The van der Waals surface area contributed by atoms with E-state index in [4.69, 9.17) is 0 Å². The van der Waals surface area contributed by atoms with Crippen molar-refractivity contribution >= 4 is 0 Å². The summed E-state index contributed by atoms with van der Waals surface area (Å²) in [5, 5.41) is 22.1. The Hall–Kier alpha value is -0.120. The zero-order valence-electron chi connectivity index (χ0n) is 9.24. The molecule has 84 valence electrons. The maximum atomic E-state index is 9.28. The number of piperidine rings is 1. The number of aliphatic hydroxyl groups is 2. The fraction of sp³-hybridized carbons (Fsp3) is 1.00. The minimum Gasteiger partial charge on any atom is -0.393 e. The Morgan fingerprint density at radius 1 is 1.07 bits per heavy atom. The maximum Gasteiger partial charge on any atom is 0.0526 e. The highest BCUT2D eigenvalue weighted by molar-refractivity contribution is 4.82. The molecule has 0 radical (unpaired) electrons. The molecule has 1 aliphatic heterocycles. The van der Waals surface area contributed by atoms with Crippen LogP contribution >= 0.6 is 0 Å². The van der Waals surface area contributed by atoms with Crippen LogP contribution in [0.2, 0.25) is 0 Å². The normalized spacial score (nSPS) is 32.6. The number of hydrogen-bond acceptors (Lipinski definition) is 3. The topological polar surface area (TPSA) is 52.5 Å². The van der Waals surface area contributed by atoms with E-state index in [0.29, 0.717) is 12.1 Å². The van der Waals surface area contributed by atoms with Gasteiger partial charge in [-0.25, -0.2) is 0 Å². The van der Waals surface area contributed by atoms with Crippen molar-refractivity contribution in [1.29, 1.82) is 0 Å². The van der Waals surface area contributed by atoms with E-state index in [1.54, 1.807) is 0 Å². The standard InChI is InChI=1S/C11H23NO2/c1-8(13)6-10-4-3-5-11(12-10)7-9(2)14/h8-14H,3-7H2,1-2H3/t8-,9-,10-,11-/m1/s1. The smallest absolute Gasteiger partial charge is 0.0526 e. The molecule has 1 heterocycles. The average molecular weight is 201 g/mol. The van der Waals surface area contributed by atoms with Gasteiger partial charge in [0, 0.05) is 12.1 Å². The Labute approximate surface area is 86.5 Å². The second kappa shape index (κ2) is 5.69. The molecule has 0 spiro atoms. The molecule has 1 aliphatic rings. The molecule has 0 aromatic carbocycles. The van der Waals surface area contributed by atoms with Crippen LogP contribution in [-0.2, 0) is 0 Å². The van der Waals surface area contributed by atoms with E-state index in [2.05, 4.69) is 5.32 Å². The molecule has 0 aromatic heterocycles.